The van der Waals surface area contributed by atoms with Gasteiger partial charge in [-0.25, -0.2) is 0 Å². The molecule has 1 aromatic rings. The summed E-state index contributed by atoms with van der Waals surface area (Å²) in [6, 6.07) is 6.97. The number of benzene rings is 1. The highest BCUT2D eigenvalue weighted by Crippen LogP contribution is 2.26. The van der Waals surface area contributed by atoms with Crippen LogP contribution in [-0.2, 0) is 4.79 Å². The Morgan fingerprint density at radius 3 is 2.57 bits per heavy atom. The van der Waals surface area contributed by atoms with Crippen LogP contribution in [0.5, 0.6) is 5.75 Å². The van der Waals surface area contributed by atoms with Crippen LogP contribution < -0.4 is 4.74 Å². The molecule has 5 heteroatoms. The fourth-order valence-electron chi connectivity index (χ4n) is 2.59. The van der Waals surface area contributed by atoms with E-state index in [4.69, 9.17) is 16.3 Å². The van der Waals surface area contributed by atoms with Gasteiger partial charge in [-0.1, -0.05) is 11.6 Å². The third-order valence-electron chi connectivity index (χ3n) is 3.90. The molecule has 0 spiro atoms. The summed E-state index contributed by atoms with van der Waals surface area (Å²) in [6.45, 7) is 6.55. The minimum atomic E-state index is -0.943. The number of carbonyl (C=O) groups is 1. The highest BCUT2D eigenvalue weighted by Gasteiger charge is 2.38. The van der Waals surface area contributed by atoms with Crippen LogP contribution in [0.25, 0.3) is 0 Å². The molecule has 0 aromatic heterocycles. The van der Waals surface area contributed by atoms with Crippen molar-refractivity contribution in [3.63, 3.8) is 0 Å². The Morgan fingerprint density at radius 1 is 1.43 bits per heavy atom. The molecule has 0 aliphatic carbocycles. The predicted molar refractivity (Wildman–Crippen MR) is 82.5 cm³/mol. The smallest absolute Gasteiger partial charge is 0.266 e. The van der Waals surface area contributed by atoms with Crippen molar-refractivity contribution >= 4 is 17.5 Å². The molecule has 2 rings (SSSR count). The van der Waals surface area contributed by atoms with Crippen LogP contribution in [0.15, 0.2) is 24.3 Å². The lowest BCUT2D eigenvalue weighted by molar-refractivity contribution is -0.144. The third kappa shape index (κ3) is 3.89. The summed E-state index contributed by atoms with van der Waals surface area (Å²) in [5, 5.41) is 10.3. The van der Waals surface area contributed by atoms with Crippen LogP contribution in [0.1, 0.15) is 27.2 Å². The van der Waals surface area contributed by atoms with E-state index in [9.17, 15) is 9.90 Å². The zero-order valence-electron chi connectivity index (χ0n) is 12.7. The first-order chi connectivity index (χ1) is 9.79. The minimum Gasteiger partial charge on any atom is -0.478 e. The van der Waals surface area contributed by atoms with Crippen molar-refractivity contribution in [1.82, 2.24) is 4.90 Å². The second kappa shape index (κ2) is 6.24. The third-order valence-corrected chi connectivity index (χ3v) is 4.15. The van der Waals surface area contributed by atoms with Gasteiger partial charge >= 0.3 is 0 Å². The number of nitrogens with zero attached hydrogens (tertiary/aromatic N) is 1. The number of halogens is 1. The summed E-state index contributed by atoms with van der Waals surface area (Å²) in [5.74, 6) is 0.713. The van der Waals surface area contributed by atoms with Crippen LogP contribution in [-0.4, -0.2) is 40.7 Å². The number of ether oxygens (including phenoxy) is 1. The molecule has 21 heavy (non-hydrogen) atoms. The fraction of sp³-hybridized carbons (Fsp3) is 0.562. The van der Waals surface area contributed by atoms with Crippen molar-refractivity contribution in [2.75, 3.05) is 13.1 Å². The van der Waals surface area contributed by atoms with Gasteiger partial charge in [0.15, 0.2) is 5.60 Å². The van der Waals surface area contributed by atoms with Gasteiger partial charge in [0.25, 0.3) is 5.91 Å². The van der Waals surface area contributed by atoms with E-state index in [0.717, 1.165) is 6.42 Å². The summed E-state index contributed by atoms with van der Waals surface area (Å²) < 4.78 is 5.81. The summed E-state index contributed by atoms with van der Waals surface area (Å²) >= 11 is 5.84. The standard InChI is InChI=1S/C16H22ClNO3/c1-11(19)12-8-9-18(10-12)15(20)16(2,3)21-14-6-4-13(17)5-7-14/h4-7,11-12,19H,8-10H2,1-3H3. The summed E-state index contributed by atoms with van der Waals surface area (Å²) in [5.41, 5.74) is -0.943. The summed E-state index contributed by atoms with van der Waals surface area (Å²) in [6.07, 6.45) is 0.448. The molecule has 1 amide bonds. The quantitative estimate of drug-likeness (QED) is 0.930. The SMILES string of the molecule is CC(O)C1CCN(C(=O)C(C)(C)Oc2ccc(Cl)cc2)C1. The maximum Gasteiger partial charge on any atom is 0.266 e. The van der Waals surface area contributed by atoms with Crippen LogP contribution >= 0.6 is 11.6 Å². The largest absolute Gasteiger partial charge is 0.478 e. The van der Waals surface area contributed by atoms with Gasteiger partial charge in [0.2, 0.25) is 0 Å². The molecule has 0 radical (unpaired) electrons. The van der Waals surface area contributed by atoms with Gasteiger partial charge in [0.05, 0.1) is 6.10 Å². The molecule has 1 fully saturated rings. The van der Waals surface area contributed by atoms with Crippen LogP contribution in [0, 0.1) is 5.92 Å². The van der Waals surface area contributed by atoms with Crippen LogP contribution in [0.4, 0.5) is 0 Å². The Morgan fingerprint density at radius 2 is 2.05 bits per heavy atom. The van der Waals surface area contributed by atoms with E-state index in [1.807, 2.05) is 0 Å². The molecule has 2 unspecified atom stereocenters. The van der Waals surface area contributed by atoms with E-state index < -0.39 is 5.60 Å². The van der Waals surface area contributed by atoms with E-state index in [1.165, 1.54) is 0 Å². The number of hydrogen-bond acceptors (Lipinski definition) is 3. The van der Waals surface area contributed by atoms with Gasteiger partial charge in [0.1, 0.15) is 5.75 Å². The molecule has 1 aliphatic rings. The number of aliphatic hydroxyl groups is 1. The average Bonchev–Trinajstić information content (AvgIpc) is 2.90. The Bertz CT molecular complexity index is 499. The second-order valence-electron chi connectivity index (χ2n) is 6.11. The van der Waals surface area contributed by atoms with Gasteiger partial charge < -0.3 is 14.7 Å². The van der Waals surface area contributed by atoms with Gasteiger partial charge in [0, 0.05) is 24.0 Å². The lowest BCUT2D eigenvalue weighted by atomic mass is 10.0. The number of rotatable bonds is 4. The molecule has 1 saturated heterocycles. The maximum atomic E-state index is 12.6. The van der Waals surface area contributed by atoms with Crippen molar-refractivity contribution in [2.45, 2.75) is 38.9 Å². The first kappa shape index (κ1) is 16.1. The molecule has 1 aliphatic heterocycles. The van der Waals surface area contributed by atoms with Crippen molar-refractivity contribution in [2.24, 2.45) is 5.92 Å². The normalized spacial score (nSPS) is 20.4. The molecule has 0 saturated carbocycles. The first-order valence-corrected chi connectivity index (χ1v) is 7.59. The van der Waals surface area contributed by atoms with Gasteiger partial charge in [-0.05, 0) is 51.5 Å². The van der Waals surface area contributed by atoms with Crippen molar-refractivity contribution < 1.29 is 14.6 Å². The van der Waals surface area contributed by atoms with Crippen molar-refractivity contribution in [3.8, 4) is 5.75 Å². The molecule has 1 aromatic carbocycles. The molecule has 1 N–H and O–H groups in total. The molecule has 116 valence electrons. The van der Waals surface area contributed by atoms with E-state index in [0.29, 0.717) is 23.9 Å². The average molecular weight is 312 g/mol. The van der Waals surface area contributed by atoms with E-state index in [2.05, 4.69) is 0 Å². The Kier molecular flexibility index (Phi) is 4.79. The number of hydrogen-bond donors (Lipinski definition) is 1. The zero-order chi connectivity index (χ0) is 15.6. The van der Waals surface area contributed by atoms with Crippen molar-refractivity contribution in [3.05, 3.63) is 29.3 Å². The minimum absolute atomic E-state index is 0.0550. The van der Waals surface area contributed by atoms with E-state index in [1.54, 1.807) is 49.9 Å². The maximum absolute atomic E-state index is 12.6. The summed E-state index contributed by atoms with van der Waals surface area (Å²) in [4.78, 5) is 14.4. The van der Waals surface area contributed by atoms with Crippen LogP contribution in [0.2, 0.25) is 5.02 Å². The molecular formula is C16H22ClNO3. The Labute approximate surface area is 130 Å². The van der Waals surface area contributed by atoms with Gasteiger partial charge in [-0.2, -0.15) is 0 Å². The fourth-order valence-corrected chi connectivity index (χ4v) is 2.71. The number of amides is 1. The lowest BCUT2D eigenvalue weighted by Crippen LogP contribution is -2.48. The molecular weight excluding hydrogens is 290 g/mol. The van der Waals surface area contributed by atoms with E-state index >= 15 is 0 Å². The highest BCUT2D eigenvalue weighted by molar-refractivity contribution is 6.30. The van der Waals surface area contributed by atoms with Crippen molar-refractivity contribution in [1.29, 1.82) is 0 Å². The molecule has 4 nitrogen and oxygen atoms in total. The number of aliphatic hydroxyl groups excluding tert-OH is 1. The lowest BCUT2D eigenvalue weighted by Gasteiger charge is -2.30. The highest BCUT2D eigenvalue weighted by atomic mass is 35.5. The number of carbonyl (C=O) groups excluding carboxylic acids is 1. The van der Waals surface area contributed by atoms with Gasteiger partial charge in [-0.15, -0.1) is 0 Å². The Hall–Kier alpha value is -1.26. The molecule has 2 atom stereocenters. The topological polar surface area (TPSA) is 49.8 Å². The first-order valence-electron chi connectivity index (χ1n) is 7.21. The molecule has 0 bridgehead atoms. The summed E-state index contributed by atoms with van der Waals surface area (Å²) in [7, 11) is 0. The zero-order valence-corrected chi connectivity index (χ0v) is 13.4. The predicted octanol–water partition coefficient (Wildman–Crippen LogP) is 2.73. The van der Waals surface area contributed by atoms with E-state index in [-0.39, 0.29) is 17.9 Å². The second-order valence-corrected chi connectivity index (χ2v) is 6.54. The molecule has 1 heterocycles. The van der Waals surface area contributed by atoms with Crippen LogP contribution in [0.3, 0.4) is 0 Å². The van der Waals surface area contributed by atoms with Gasteiger partial charge in [-0.3, -0.25) is 4.79 Å². The number of likely N-dealkylation sites (tertiary alicyclic amines) is 1. The monoisotopic (exact) mass is 311 g/mol. The Balaban J connectivity index is 2.02.